The number of nitrogens with zero attached hydrogens (tertiary/aromatic N) is 3. The van der Waals surface area contributed by atoms with Crippen molar-refractivity contribution >= 4 is 40.6 Å². The van der Waals surface area contributed by atoms with E-state index in [9.17, 15) is 9.59 Å². The van der Waals surface area contributed by atoms with Crippen molar-refractivity contribution in [2.45, 2.75) is 19.9 Å². The van der Waals surface area contributed by atoms with E-state index in [4.69, 9.17) is 17.3 Å². The summed E-state index contributed by atoms with van der Waals surface area (Å²) in [5.41, 5.74) is 8.15. The number of hydrogen-bond acceptors (Lipinski definition) is 5. The fraction of sp³-hybridized carbons (Fsp3) is 0.158. The summed E-state index contributed by atoms with van der Waals surface area (Å²) < 4.78 is 1.17. The van der Waals surface area contributed by atoms with Gasteiger partial charge in [0.05, 0.1) is 0 Å². The van der Waals surface area contributed by atoms with Gasteiger partial charge in [0.25, 0.3) is 5.91 Å². The first-order chi connectivity index (χ1) is 13.5. The van der Waals surface area contributed by atoms with Crippen LogP contribution in [0, 0.1) is 0 Å². The van der Waals surface area contributed by atoms with E-state index in [-0.39, 0.29) is 24.0 Å². The van der Waals surface area contributed by atoms with Crippen LogP contribution in [0.2, 0.25) is 5.02 Å². The lowest BCUT2D eigenvalue weighted by Crippen LogP contribution is -2.21. The van der Waals surface area contributed by atoms with Gasteiger partial charge in [-0.15, -0.1) is 5.10 Å². The first kappa shape index (κ1) is 19.4. The number of rotatable bonds is 6. The molecule has 2 aromatic carbocycles. The van der Waals surface area contributed by atoms with Crippen molar-refractivity contribution in [3.05, 3.63) is 64.8 Å². The fourth-order valence-electron chi connectivity index (χ4n) is 2.63. The van der Waals surface area contributed by atoms with Crippen molar-refractivity contribution in [3.63, 3.8) is 0 Å². The maximum atomic E-state index is 12.5. The number of hydrogen-bond donors (Lipinski definition) is 3. The quantitative estimate of drug-likeness (QED) is 0.590. The van der Waals surface area contributed by atoms with Crippen LogP contribution in [-0.4, -0.2) is 26.8 Å². The molecule has 8 nitrogen and oxygen atoms in total. The van der Waals surface area contributed by atoms with Crippen molar-refractivity contribution < 1.29 is 9.59 Å². The summed E-state index contributed by atoms with van der Waals surface area (Å²) in [7, 11) is 0. The number of halogens is 1. The lowest BCUT2D eigenvalue weighted by molar-refractivity contribution is -0.116. The summed E-state index contributed by atoms with van der Waals surface area (Å²) in [6.45, 7) is 1.80. The fourth-order valence-corrected chi connectivity index (χ4v) is 2.82. The Kier molecular flexibility index (Phi) is 5.90. The van der Waals surface area contributed by atoms with Crippen LogP contribution in [0.5, 0.6) is 0 Å². The summed E-state index contributed by atoms with van der Waals surface area (Å²) in [6, 6.07) is 14.2. The molecule has 3 aromatic rings. The molecule has 0 unspecified atom stereocenters. The van der Waals surface area contributed by atoms with Crippen LogP contribution in [0.1, 0.15) is 23.0 Å². The van der Waals surface area contributed by atoms with Gasteiger partial charge in [-0.1, -0.05) is 48.0 Å². The highest BCUT2D eigenvalue weighted by Gasteiger charge is 2.19. The molecule has 0 bridgehead atoms. The summed E-state index contributed by atoms with van der Waals surface area (Å²) >= 11 is 5.90. The molecular weight excluding hydrogens is 380 g/mol. The van der Waals surface area contributed by atoms with Crippen LogP contribution < -0.4 is 16.4 Å². The van der Waals surface area contributed by atoms with Crippen molar-refractivity contribution in [2.75, 3.05) is 16.4 Å². The highest BCUT2D eigenvalue weighted by molar-refractivity contribution is 6.30. The van der Waals surface area contributed by atoms with Crippen LogP contribution in [0.3, 0.4) is 0 Å². The van der Waals surface area contributed by atoms with Gasteiger partial charge in [-0.05, 0) is 36.2 Å². The molecule has 0 spiro atoms. The van der Waals surface area contributed by atoms with Gasteiger partial charge in [-0.3, -0.25) is 9.59 Å². The Morgan fingerprint density at radius 2 is 1.93 bits per heavy atom. The predicted octanol–water partition coefficient (Wildman–Crippen LogP) is 2.97. The smallest absolute Gasteiger partial charge is 0.280 e. The number of aryl methyl sites for hydroxylation is 1. The second-order valence-electron chi connectivity index (χ2n) is 6.00. The first-order valence-corrected chi connectivity index (χ1v) is 8.99. The standard InChI is InChI=1S/C19H19ClN6O2/c1-2-12-6-3-4-9-15(12)23-19(28)17-18(21)26(25-24-17)11-16(27)22-14-8-5-7-13(20)10-14/h3-10H,2,11,21H2,1H3,(H,22,27)(H,23,28). The Bertz CT molecular complexity index is 1020. The zero-order valence-corrected chi connectivity index (χ0v) is 15.9. The Hall–Kier alpha value is -3.39. The molecule has 1 aromatic heterocycles. The Labute approximate surface area is 166 Å². The zero-order valence-electron chi connectivity index (χ0n) is 15.1. The number of nitrogens with two attached hydrogens (primary N) is 1. The van der Waals surface area contributed by atoms with Gasteiger partial charge in [0.2, 0.25) is 5.91 Å². The molecule has 28 heavy (non-hydrogen) atoms. The normalized spacial score (nSPS) is 10.5. The minimum atomic E-state index is -0.486. The van der Waals surface area contributed by atoms with Gasteiger partial charge >= 0.3 is 0 Å². The summed E-state index contributed by atoms with van der Waals surface area (Å²) in [4.78, 5) is 24.7. The molecule has 2 amide bonds. The molecule has 0 radical (unpaired) electrons. The van der Waals surface area contributed by atoms with Gasteiger partial charge in [0.1, 0.15) is 6.54 Å². The van der Waals surface area contributed by atoms with Gasteiger partial charge < -0.3 is 16.4 Å². The van der Waals surface area contributed by atoms with Gasteiger partial charge in [-0.25, -0.2) is 4.68 Å². The Morgan fingerprint density at radius 1 is 1.14 bits per heavy atom. The zero-order chi connectivity index (χ0) is 20.1. The molecule has 0 atom stereocenters. The van der Waals surface area contributed by atoms with Crippen molar-refractivity contribution in [2.24, 2.45) is 0 Å². The van der Waals surface area contributed by atoms with E-state index in [2.05, 4.69) is 20.9 Å². The third-order valence-electron chi connectivity index (χ3n) is 4.04. The molecular formula is C19H19ClN6O2. The van der Waals surface area contributed by atoms with Crippen LogP contribution in [-0.2, 0) is 17.8 Å². The summed E-state index contributed by atoms with van der Waals surface area (Å²) in [6.07, 6.45) is 0.766. The van der Waals surface area contributed by atoms with Gasteiger partial charge in [-0.2, -0.15) is 0 Å². The maximum Gasteiger partial charge on any atom is 0.280 e. The minimum absolute atomic E-state index is 0.00715. The van der Waals surface area contributed by atoms with Crippen molar-refractivity contribution in [3.8, 4) is 0 Å². The largest absolute Gasteiger partial charge is 0.382 e. The number of aromatic nitrogens is 3. The molecule has 144 valence electrons. The summed E-state index contributed by atoms with van der Waals surface area (Å²) in [5.74, 6) is -0.852. The molecule has 0 aliphatic carbocycles. The highest BCUT2D eigenvalue weighted by atomic mass is 35.5. The lowest BCUT2D eigenvalue weighted by Gasteiger charge is -2.09. The van der Waals surface area contributed by atoms with E-state index in [1.54, 1.807) is 30.3 Å². The Balaban J connectivity index is 1.69. The second kappa shape index (κ2) is 8.53. The topological polar surface area (TPSA) is 115 Å². The molecule has 0 fully saturated rings. The number of amides is 2. The highest BCUT2D eigenvalue weighted by Crippen LogP contribution is 2.18. The number of benzene rings is 2. The molecule has 4 N–H and O–H groups in total. The van der Waals surface area contributed by atoms with Gasteiger partial charge in [0, 0.05) is 16.4 Å². The van der Waals surface area contributed by atoms with E-state index in [1.165, 1.54) is 4.68 Å². The van der Waals surface area contributed by atoms with E-state index in [1.807, 2.05) is 25.1 Å². The molecule has 3 rings (SSSR count). The van der Waals surface area contributed by atoms with Crippen LogP contribution in [0.25, 0.3) is 0 Å². The maximum absolute atomic E-state index is 12.5. The SMILES string of the molecule is CCc1ccccc1NC(=O)c1nnn(CC(=O)Nc2cccc(Cl)c2)c1N. The molecule has 0 saturated carbocycles. The first-order valence-electron chi connectivity index (χ1n) is 8.61. The third-order valence-corrected chi connectivity index (χ3v) is 4.27. The molecule has 0 saturated heterocycles. The number of anilines is 3. The van der Waals surface area contributed by atoms with E-state index in [0.717, 1.165) is 12.0 Å². The number of para-hydroxylation sites is 1. The van der Waals surface area contributed by atoms with Crippen LogP contribution in [0.15, 0.2) is 48.5 Å². The molecule has 0 aliphatic rings. The van der Waals surface area contributed by atoms with E-state index < -0.39 is 5.91 Å². The van der Waals surface area contributed by atoms with Crippen LogP contribution >= 0.6 is 11.6 Å². The Morgan fingerprint density at radius 3 is 2.68 bits per heavy atom. The predicted molar refractivity (Wildman–Crippen MR) is 108 cm³/mol. The average Bonchev–Trinajstić information content (AvgIpc) is 3.02. The van der Waals surface area contributed by atoms with Gasteiger partial charge in [0.15, 0.2) is 11.5 Å². The average molecular weight is 399 g/mol. The van der Waals surface area contributed by atoms with E-state index in [0.29, 0.717) is 16.4 Å². The third kappa shape index (κ3) is 4.47. The number of carbonyl (C=O) groups excluding carboxylic acids is 2. The van der Waals surface area contributed by atoms with Crippen molar-refractivity contribution in [1.29, 1.82) is 0 Å². The monoisotopic (exact) mass is 398 g/mol. The molecule has 1 heterocycles. The molecule has 9 heteroatoms. The summed E-state index contributed by atoms with van der Waals surface area (Å²) in [5, 5.41) is 13.6. The minimum Gasteiger partial charge on any atom is -0.382 e. The van der Waals surface area contributed by atoms with E-state index >= 15 is 0 Å². The molecule has 0 aliphatic heterocycles. The van der Waals surface area contributed by atoms with Crippen molar-refractivity contribution in [1.82, 2.24) is 15.0 Å². The van der Waals surface area contributed by atoms with Crippen LogP contribution in [0.4, 0.5) is 17.2 Å². The number of nitrogens with one attached hydrogen (secondary N) is 2. The second-order valence-corrected chi connectivity index (χ2v) is 6.44. The number of carbonyl (C=O) groups is 2. The number of nitrogen functional groups attached to an aromatic ring is 1. The lowest BCUT2D eigenvalue weighted by atomic mass is 10.1.